The van der Waals surface area contributed by atoms with Crippen LogP contribution in [0.1, 0.15) is 25.3 Å². The molecular weight excluding hydrogens is 383 g/mol. The Morgan fingerprint density at radius 1 is 0.774 bits per heavy atom. The van der Waals surface area contributed by atoms with Gasteiger partial charge in [0.25, 0.3) is 0 Å². The van der Waals surface area contributed by atoms with Crippen LogP contribution >= 0.6 is 0 Å². The summed E-state index contributed by atoms with van der Waals surface area (Å²) in [6.45, 7) is 4.47. The molecule has 0 bridgehead atoms. The minimum Gasteiger partial charge on any atom is -0.307 e. The first kappa shape index (κ1) is 17.0. The topological polar surface area (TPSA) is 17.3 Å². The predicted molar refractivity (Wildman–Crippen MR) is 128 cm³/mol. The van der Waals surface area contributed by atoms with Crippen molar-refractivity contribution in [2.75, 3.05) is 0 Å². The van der Waals surface area contributed by atoms with Crippen LogP contribution in [0, 0.1) is 5.82 Å². The molecule has 3 aromatic heterocycles. The van der Waals surface area contributed by atoms with E-state index < -0.39 is 0 Å². The molecule has 0 unspecified atom stereocenters. The molecule has 0 N–H and O–H groups in total. The zero-order chi connectivity index (χ0) is 20.9. The molecule has 7 rings (SSSR count). The summed E-state index contributed by atoms with van der Waals surface area (Å²) in [5, 5.41) is 7.44. The van der Waals surface area contributed by atoms with Gasteiger partial charge >= 0.3 is 0 Å². The largest absolute Gasteiger partial charge is 0.307 e. The van der Waals surface area contributed by atoms with E-state index in [0.717, 1.165) is 43.6 Å². The van der Waals surface area contributed by atoms with Gasteiger partial charge in [-0.05, 0) is 51.9 Å². The van der Waals surface area contributed by atoms with Crippen molar-refractivity contribution in [3.63, 3.8) is 0 Å². The van der Waals surface area contributed by atoms with Gasteiger partial charge in [0.15, 0.2) is 0 Å². The van der Waals surface area contributed by atoms with Gasteiger partial charge in [-0.3, -0.25) is 4.98 Å². The van der Waals surface area contributed by atoms with Gasteiger partial charge in [0.05, 0.1) is 22.1 Å². The SMILES string of the molecule is CC(C)c1c2ccccc2cc2c3nccc4ccc5c6c(F)cccc6n(c12)c5c43. The molecule has 0 amide bonds. The molecule has 3 heteroatoms. The molecule has 4 aromatic carbocycles. The molecule has 0 saturated heterocycles. The lowest BCUT2D eigenvalue weighted by molar-refractivity contribution is 0.640. The van der Waals surface area contributed by atoms with E-state index in [1.54, 1.807) is 6.07 Å². The van der Waals surface area contributed by atoms with Crippen molar-refractivity contribution in [2.24, 2.45) is 0 Å². The van der Waals surface area contributed by atoms with E-state index in [1.807, 2.05) is 24.4 Å². The molecule has 31 heavy (non-hydrogen) atoms. The molecule has 0 saturated carbocycles. The quantitative estimate of drug-likeness (QED) is 0.202. The highest BCUT2D eigenvalue weighted by atomic mass is 19.1. The number of hydrogen-bond donors (Lipinski definition) is 0. The minimum atomic E-state index is -0.179. The Labute approximate surface area is 177 Å². The second-order valence-corrected chi connectivity index (χ2v) is 8.75. The van der Waals surface area contributed by atoms with Crippen LogP contribution < -0.4 is 0 Å². The number of nitrogens with zero attached hydrogens (tertiary/aromatic N) is 2. The van der Waals surface area contributed by atoms with E-state index in [1.165, 1.54) is 16.3 Å². The van der Waals surface area contributed by atoms with Gasteiger partial charge in [0.2, 0.25) is 0 Å². The highest BCUT2D eigenvalue weighted by Gasteiger charge is 2.23. The van der Waals surface area contributed by atoms with Crippen LogP contribution in [0.25, 0.3) is 59.8 Å². The molecule has 3 heterocycles. The van der Waals surface area contributed by atoms with Crippen LogP contribution in [-0.2, 0) is 0 Å². The molecule has 7 aromatic rings. The van der Waals surface area contributed by atoms with E-state index in [4.69, 9.17) is 4.98 Å². The molecule has 148 valence electrons. The Morgan fingerprint density at radius 2 is 1.65 bits per heavy atom. The maximum atomic E-state index is 15.1. The average Bonchev–Trinajstić information content (AvgIpc) is 3.13. The van der Waals surface area contributed by atoms with Gasteiger partial charge < -0.3 is 4.40 Å². The predicted octanol–water partition coefficient (Wildman–Crippen LogP) is 7.80. The molecule has 0 atom stereocenters. The third-order valence-electron chi connectivity index (χ3n) is 6.75. The van der Waals surface area contributed by atoms with Gasteiger partial charge in [-0.15, -0.1) is 0 Å². The number of benzene rings is 4. The number of rotatable bonds is 1. The fourth-order valence-electron chi connectivity index (χ4n) is 5.58. The average molecular weight is 402 g/mol. The minimum absolute atomic E-state index is 0.179. The lowest BCUT2D eigenvalue weighted by Gasteiger charge is -2.19. The van der Waals surface area contributed by atoms with E-state index in [2.05, 4.69) is 60.7 Å². The summed E-state index contributed by atoms with van der Waals surface area (Å²) in [6.07, 6.45) is 1.89. The van der Waals surface area contributed by atoms with Gasteiger partial charge in [0.1, 0.15) is 5.82 Å². The summed E-state index contributed by atoms with van der Waals surface area (Å²) >= 11 is 0. The first-order valence-corrected chi connectivity index (χ1v) is 10.7. The Morgan fingerprint density at radius 3 is 2.52 bits per heavy atom. The second-order valence-electron chi connectivity index (χ2n) is 8.75. The summed E-state index contributed by atoms with van der Waals surface area (Å²) in [7, 11) is 0. The first-order valence-electron chi connectivity index (χ1n) is 10.7. The van der Waals surface area contributed by atoms with Crippen LogP contribution in [0.3, 0.4) is 0 Å². The van der Waals surface area contributed by atoms with Crippen molar-refractivity contribution in [1.29, 1.82) is 0 Å². The van der Waals surface area contributed by atoms with Crippen LogP contribution in [0.4, 0.5) is 4.39 Å². The second kappa shape index (κ2) is 5.70. The monoisotopic (exact) mass is 402 g/mol. The zero-order valence-electron chi connectivity index (χ0n) is 17.3. The van der Waals surface area contributed by atoms with Gasteiger partial charge in [0, 0.05) is 27.7 Å². The highest BCUT2D eigenvalue weighted by Crippen LogP contribution is 2.44. The molecule has 2 nitrogen and oxygen atoms in total. The lowest BCUT2D eigenvalue weighted by atomic mass is 9.91. The normalized spacial score (nSPS) is 12.6. The number of pyridine rings is 2. The maximum absolute atomic E-state index is 15.1. The van der Waals surface area contributed by atoms with E-state index >= 15 is 4.39 Å². The van der Waals surface area contributed by atoms with Crippen molar-refractivity contribution in [1.82, 2.24) is 9.38 Å². The molecular formula is C28H19FN2. The van der Waals surface area contributed by atoms with Crippen molar-refractivity contribution in [3.8, 4) is 0 Å². The third kappa shape index (κ3) is 1.99. The van der Waals surface area contributed by atoms with Crippen molar-refractivity contribution in [3.05, 3.63) is 84.3 Å². The third-order valence-corrected chi connectivity index (χ3v) is 6.75. The van der Waals surface area contributed by atoms with E-state index in [-0.39, 0.29) is 5.82 Å². The number of hydrogen-bond acceptors (Lipinski definition) is 1. The fraction of sp³-hybridized carbons (Fsp3) is 0.107. The van der Waals surface area contributed by atoms with Gasteiger partial charge in [-0.2, -0.15) is 0 Å². The summed E-state index contributed by atoms with van der Waals surface area (Å²) in [5.41, 5.74) is 5.38. The lowest BCUT2D eigenvalue weighted by Crippen LogP contribution is -2.00. The molecule has 0 radical (unpaired) electrons. The summed E-state index contributed by atoms with van der Waals surface area (Å²) in [6, 6.07) is 22.4. The van der Waals surface area contributed by atoms with Crippen molar-refractivity contribution >= 4 is 59.8 Å². The summed E-state index contributed by atoms with van der Waals surface area (Å²) < 4.78 is 17.4. The highest BCUT2D eigenvalue weighted by molar-refractivity contribution is 6.29. The van der Waals surface area contributed by atoms with Crippen LogP contribution in [-0.4, -0.2) is 9.38 Å². The van der Waals surface area contributed by atoms with Gasteiger partial charge in [-0.1, -0.05) is 56.3 Å². The summed E-state index contributed by atoms with van der Waals surface area (Å²) in [5.74, 6) is 0.117. The maximum Gasteiger partial charge on any atom is 0.133 e. The Hall–Kier alpha value is -3.72. The molecule has 0 spiro atoms. The zero-order valence-corrected chi connectivity index (χ0v) is 17.3. The van der Waals surface area contributed by atoms with Crippen molar-refractivity contribution in [2.45, 2.75) is 19.8 Å². The van der Waals surface area contributed by atoms with E-state index in [9.17, 15) is 0 Å². The van der Waals surface area contributed by atoms with Crippen LogP contribution in [0.2, 0.25) is 0 Å². The molecule has 0 aliphatic carbocycles. The Balaban J connectivity index is 1.98. The molecule has 0 aliphatic heterocycles. The smallest absolute Gasteiger partial charge is 0.133 e. The molecule has 0 aliphatic rings. The summed E-state index contributed by atoms with van der Waals surface area (Å²) in [4.78, 5) is 4.85. The van der Waals surface area contributed by atoms with Crippen LogP contribution in [0.15, 0.2) is 72.9 Å². The number of aromatic nitrogens is 2. The van der Waals surface area contributed by atoms with Gasteiger partial charge in [-0.25, -0.2) is 4.39 Å². The van der Waals surface area contributed by atoms with Crippen molar-refractivity contribution < 1.29 is 4.39 Å². The first-order chi connectivity index (χ1) is 15.1. The van der Waals surface area contributed by atoms with Crippen LogP contribution in [0.5, 0.6) is 0 Å². The standard InChI is InChI=1S/C28H19FN2/c1-15(2)23-18-7-4-3-6-17(18)14-20-26-24-16(12-13-30-26)10-11-19-25-21(29)8-5-9-22(25)31(27(19)24)28(20)23/h3-15H,1-2H3. The fourth-order valence-corrected chi connectivity index (χ4v) is 5.58. The number of halogens is 1. The Kier molecular flexibility index (Phi) is 3.13. The molecule has 0 fully saturated rings. The Bertz CT molecular complexity index is 1820. The number of fused-ring (bicyclic) bond motifs is 7. The van der Waals surface area contributed by atoms with E-state index in [0.29, 0.717) is 11.3 Å².